The predicted molar refractivity (Wildman–Crippen MR) is 95.8 cm³/mol. The molecule has 2 aliphatic heterocycles. The summed E-state index contributed by atoms with van der Waals surface area (Å²) in [6.45, 7) is 1.50. The zero-order chi connectivity index (χ0) is 19.0. The number of hydrogen-bond acceptors (Lipinski definition) is 3. The number of likely N-dealkylation sites (tertiary alicyclic amines) is 1. The highest BCUT2D eigenvalue weighted by Crippen LogP contribution is 2.45. The fraction of sp³-hybridized carbons (Fsp3) is 0.381. The molecule has 1 fully saturated rings. The fourth-order valence-electron chi connectivity index (χ4n) is 4.20. The van der Waals surface area contributed by atoms with Gasteiger partial charge in [-0.15, -0.1) is 0 Å². The van der Waals surface area contributed by atoms with E-state index in [0.29, 0.717) is 32.5 Å². The number of ether oxygens (including phenoxy) is 2. The average molecular weight is 373 g/mol. The third-order valence-electron chi connectivity index (χ3n) is 5.56. The van der Waals surface area contributed by atoms with Crippen LogP contribution < -0.4 is 4.74 Å². The van der Waals surface area contributed by atoms with Crippen LogP contribution in [0.4, 0.5) is 8.78 Å². The van der Waals surface area contributed by atoms with Gasteiger partial charge in [0.15, 0.2) is 0 Å². The Hall–Kier alpha value is -2.47. The maximum atomic E-state index is 14.0. The average Bonchev–Trinajstić information content (AvgIpc) is 2.68. The number of halogens is 2. The number of nitrogens with zero attached hydrogens (tertiary/aromatic N) is 1. The molecule has 2 aliphatic rings. The molecule has 0 aromatic heterocycles. The van der Waals surface area contributed by atoms with Crippen molar-refractivity contribution in [3.8, 4) is 5.75 Å². The first-order valence-electron chi connectivity index (χ1n) is 9.09. The molecule has 4 rings (SSSR count). The van der Waals surface area contributed by atoms with Gasteiger partial charge in [-0.25, -0.2) is 8.78 Å². The SMILES string of the molecule is COc1cccc2c1C1(CCN(C(=O)c3ccc(F)cc3F)CC1)OCC2. The molecule has 0 unspecified atom stereocenters. The number of carbonyl (C=O) groups excluding carboxylic acids is 1. The van der Waals surface area contributed by atoms with Crippen molar-refractivity contribution in [2.75, 3.05) is 26.8 Å². The van der Waals surface area contributed by atoms with Crippen molar-refractivity contribution in [3.05, 3.63) is 64.7 Å². The van der Waals surface area contributed by atoms with Crippen LogP contribution in [0.15, 0.2) is 36.4 Å². The first-order valence-corrected chi connectivity index (χ1v) is 9.09. The molecule has 27 heavy (non-hydrogen) atoms. The highest BCUT2D eigenvalue weighted by Gasteiger charge is 2.43. The van der Waals surface area contributed by atoms with Gasteiger partial charge in [-0.1, -0.05) is 12.1 Å². The third-order valence-corrected chi connectivity index (χ3v) is 5.56. The Morgan fingerprint density at radius 2 is 1.96 bits per heavy atom. The molecule has 6 heteroatoms. The normalized spacial score (nSPS) is 18.3. The Balaban J connectivity index is 1.57. The van der Waals surface area contributed by atoms with Crippen LogP contribution >= 0.6 is 0 Å². The molecule has 2 aromatic carbocycles. The van der Waals surface area contributed by atoms with E-state index in [9.17, 15) is 13.6 Å². The second-order valence-corrected chi connectivity index (χ2v) is 7.00. The highest BCUT2D eigenvalue weighted by molar-refractivity contribution is 5.94. The number of fused-ring (bicyclic) bond motifs is 2. The van der Waals surface area contributed by atoms with Crippen LogP contribution in [0.2, 0.25) is 0 Å². The lowest BCUT2D eigenvalue weighted by Crippen LogP contribution is -2.48. The molecular weight excluding hydrogens is 352 g/mol. The zero-order valence-corrected chi connectivity index (χ0v) is 15.1. The first kappa shape index (κ1) is 17.9. The van der Waals surface area contributed by atoms with Crippen molar-refractivity contribution in [2.45, 2.75) is 24.9 Å². The lowest BCUT2D eigenvalue weighted by atomic mass is 9.78. The molecule has 0 atom stereocenters. The van der Waals surface area contributed by atoms with E-state index in [2.05, 4.69) is 6.07 Å². The maximum absolute atomic E-state index is 14.0. The number of rotatable bonds is 2. The minimum Gasteiger partial charge on any atom is -0.496 e. The molecule has 2 aromatic rings. The second-order valence-electron chi connectivity index (χ2n) is 7.00. The van der Waals surface area contributed by atoms with E-state index < -0.39 is 23.1 Å². The quantitative estimate of drug-likeness (QED) is 0.806. The fourth-order valence-corrected chi connectivity index (χ4v) is 4.20. The smallest absolute Gasteiger partial charge is 0.256 e. The lowest BCUT2D eigenvalue weighted by Gasteiger charge is -2.45. The Morgan fingerprint density at radius 3 is 2.67 bits per heavy atom. The van der Waals surface area contributed by atoms with Crippen LogP contribution in [-0.4, -0.2) is 37.6 Å². The standard InChI is InChI=1S/C21H21F2NO3/c1-26-18-4-2-3-14-7-12-27-21(19(14)18)8-10-24(11-9-21)20(25)16-6-5-15(22)13-17(16)23/h2-6,13H,7-12H2,1H3. The minimum absolute atomic E-state index is 0.102. The number of carbonyl (C=O) groups is 1. The van der Waals surface area contributed by atoms with Gasteiger partial charge in [0.25, 0.3) is 5.91 Å². The molecule has 2 heterocycles. The summed E-state index contributed by atoms with van der Waals surface area (Å²) in [7, 11) is 1.65. The summed E-state index contributed by atoms with van der Waals surface area (Å²) in [5.41, 5.74) is 1.69. The Bertz CT molecular complexity index is 861. The van der Waals surface area contributed by atoms with Gasteiger partial charge in [-0.05, 0) is 43.0 Å². The number of piperidine rings is 1. The van der Waals surface area contributed by atoms with Gasteiger partial charge in [0.2, 0.25) is 0 Å². The third kappa shape index (κ3) is 3.08. The predicted octanol–water partition coefficient (Wildman–Crippen LogP) is 3.68. The van der Waals surface area contributed by atoms with E-state index >= 15 is 0 Å². The molecule has 1 saturated heterocycles. The van der Waals surface area contributed by atoms with Crippen LogP contribution in [0.1, 0.15) is 34.3 Å². The summed E-state index contributed by atoms with van der Waals surface area (Å²) in [4.78, 5) is 14.3. The largest absolute Gasteiger partial charge is 0.496 e. The molecule has 1 spiro atoms. The van der Waals surface area contributed by atoms with Crippen LogP contribution in [0.3, 0.4) is 0 Å². The van der Waals surface area contributed by atoms with Crippen LogP contribution in [0.5, 0.6) is 5.75 Å². The monoisotopic (exact) mass is 373 g/mol. The second kappa shape index (κ2) is 6.93. The van der Waals surface area contributed by atoms with Gasteiger partial charge in [0.1, 0.15) is 23.0 Å². The molecule has 0 aliphatic carbocycles. The number of methoxy groups -OCH3 is 1. The summed E-state index contributed by atoms with van der Waals surface area (Å²) < 4.78 is 38.9. The molecule has 4 nitrogen and oxygen atoms in total. The van der Waals surface area contributed by atoms with Crippen molar-refractivity contribution in [1.82, 2.24) is 4.90 Å². The van der Waals surface area contributed by atoms with Crippen molar-refractivity contribution >= 4 is 5.91 Å². The number of hydrogen-bond donors (Lipinski definition) is 0. The molecule has 142 valence electrons. The van der Waals surface area contributed by atoms with Crippen molar-refractivity contribution in [2.24, 2.45) is 0 Å². The molecule has 0 N–H and O–H groups in total. The Morgan fingerprint density at radius 1 is 1.19 bits per heavy atom. The lowest BCUT2D eigenvalue weighted by molar-refractivity contribution is -0.0946. The minimum atomic E-state index is -0.832. The summed E-state index contributed by atoms with van der Waals surface area (Å²) in [6, 6.07) is 9.05. The topological polar surface area (TPSA) is 38.8 Å². The molecule has 1 amide bonds. The van der Waals surface area contributed by atoms with Crippen molar-refractivity contribution in [3.63, 3.8) is 0 Å². The van der Waals surface area contributed by atoms with Crippen LogP contribution in [0, 0.1) is 11.6 Å². The van der Waals surface area contributed by atoms with Crippen molar-refractivity contribution < 1.29 is 23.0 Å². The van der Waals surface area contributed by atoms with E-state index in [-0.39, 0.29) is 5.56 Å². The van der Waals surface area contributed by atoms with Gasteiger partial charge in [-0.2, -0.15) is 0 Å². The number of amides is 1. The van der Waals surface area contributed by atoms with E-state index in [4.69, 9.17) is 9.47 Å². The highest BCUT2D eigenvalue weighted by atomic mass is 19.1. The Labute approximate surface area is 156 Å². The first-order chi connectivity index (χ1) is 13.0. The summed E-state index contributed by atoms with van der Waals surface area (Å²) in [5, 5.41) is 0. The number of benzene rings is 2. The Kier molecular flexibility index (Phi) is 4.60. The van der Waals surface area contributed by atoms with E-state index in [1.165, 1.54) is 11.6 Å². The molecule has 0 bridgehead atoms. The van der Waals surface area contributed by atoms with E-state index in [1.807, 2.05) is 12.1 Å². The molecule has 0 radical (unpaired) electrons. The van der Waals surface area contributed by atoms with E-state index in [0.717, 1.165) is 29.9 Å². The van der Waals surface area contributed by atoms with E-state index in [1.54, 1.807) is 12.0 Å². The van der Waals surface area contributed by atoms with Crippen LogP contribution in [0.25, 0.3) is 0 Å². The zero-order valence-electron chi connectivity index (χ0n) is 15.1. The van der Waals surface area contributed by atoms with Gasteiger partial charge >= 0.3 is 0 Å². The summed E-state index contributed by atoms with van der Waals surface area (Å²) in [6.07, 6.45) is 2.04. The van der Waals surface area contributed by atoms with Gasteiger partial charge in [0, 0.05) is 24.7 Å². The summed E-state index contributed by atoms with van der Waals surface area (Å²) >= 11 is 0. The van der Waals surface area contributed by atoms with Gasteiger partial charge in [0.05, 0.1) is 19.3 Å². The van der Waals surface area contributed by atoms with Gasteiger partial charge in [-0.3, -0.25) is 4.79 Å². The van der Waals surface area contributed by atoms with Crippen molar-refractivity contribution in [1.29, 1.82) is 0 Å². The van der Waals surface area contributed by atoms with Crippen LogP contribution in [-0.2, 0) is 16.8 Å². The molecular formula is C21H21F2NO3. The van der Waals surface area contributed by atoms with Gasteiger partial charge < -0.3 is 14.4 Å². The molecule has 0 saturated carbocycles. The summed E-state index contributed by atoms with van der Waals surface area (Å²) in [5.74, 6) is -1.14. The maximum Gasteiger partial charge on any atom is 0.256 e.